The predicted molar refractivity (Wildman–Crippen MR) is 67.7 cm³/mol. The van der Waals surface area contributed by atoms with E-state index in [1.165, 1.54) is 6.07 Å². The third kappa shape index (κ3) is 2.32. The summed E-state index contributed by atoms with van der Waals surface area (Å²) in [6.07, 6.45) is 0. The number of carbonyl (C=O) groups is 1. The number of hydrogen-bond donors (Lipinski definition) is 1. The van der Waals surface area contributed by atoms with Crippen LogP contribution in [0.5, 0.6) is 5.75 Å². The van der Waals surface area contributed by atoms with Gasteiger partial charge in [-0.3, -0.25) is 4.79 Å². The molecule has 2 rings (SSSR count). The van der Waals surface area contributed by atoms with E-state index < -0.39 is 0 Å². The van der Waals surface area contributed by atoms with Gasteiger partial charge in [-0.05, 0) is 42.8 Å². The average molecular weight is 247 g/mol. The molecule has 0 unspecified atom stereocenters. The molecule has 0 bridgehead atoms. The van der Waals surface area contributed by atoms with Crippen LogP contribution in [-0.4, -0.2) is 10.9 Å². The Kier molecular flexibility index (Phi) is 3.16. The second-order valence-electron chi connectivity index (χ2n) is 3.81. The number of rotatable bonds is 2. The molecule has 0 saturated heterocycles. The Morgan fingerprint density at radius 1 is 1.18 bits per heavy atom. The van der Waals surface area contributed by atoms with E-state index in [1.54, 1.807) is 43.3 Å². The van der Waals surface area contributed by atoms with Crippen LogP contribution in [0.15, 0.2) is 42.5 Å². The van der Waals surface area contributed by atoms with Crippen molar-refractivity contribution in [2.24, 2.45) is 0 Å². The fourth-order valence-corrected chi connectivity index (χ4v) is 1.82. The van der Waals surface area contributed by atoms with E-state index in [4.69, 9.17) is 11.6 Å². The fourth-order valence-electron chi connectivity index (χ4n) is 1.60. The summed E-state index contributed by atoms with van der Waals surface area (Å²) >= 11 is 5.97. The predicted octanol–water partition coefficient (Wildman–Crippen LogP) is 3.59. The van der Waals surface area contributed by atoms with E-state index in [0.717, 1.165) is 0 Å². The molecule has 0 amide bonds. The van der Waals surface area contributed by atoms with Gasteiger partial charge in [0.15, 0.2) is 5.78 Å². The molecule has 86 valence electrons. The highest BCUT2D eigenvalue weighted by atomic mass is 35.5. The molecular weight excluding hydrogens is 236 g/mol. The first-order chi connectivity index (χ1) is 8.09. The topological polar surface area (TPSA) is 37.3 Å². The molecular formula is C14H11ClO2. The normalized spacial score (nSPS) is 10.2. The largest absolute Gasteiger partial charge is 0.508 e. The van der Waals surface area contributed by atoms with Gasteiger partial charge in [0.1, 0.15) is 5.75 Å². The summed E-state index contributed by atoms with van der Waals surface area (Å²) in [5.41, 5.74) is 1.66. The maximum Gasteiger partial charge on any atom is 0.194 e. The molecule has 0 aromatic heterocycles. The van der Waals surface area contributed by atoms with E-state index >= 15 is 0 Å². The number of halogens is 1. The minimum absolute atomic E-state index is 0.140. The summed E-state index contributed by atoms with van der Waals surface area (Å²) in [7, 11) is 0. The minimum atomic E-state index is -0.140. The molecule has 17 heavy (non-hydrogen) atoms. The van der Waals surface area contributed by atoms with Gasteiger partial charge in [-0.2, -0.15) is 0 Å². The first kappa shape index (κ1) is 11.7. The smallest absolute Gasteiger partial charge is 0.194 e. The second-order valence-corrected chi connectivity index (χ2v) is 4.22. The zero-order valence-electron chi connectivity index (χ0n) is 9.27. The number of aryl methyl sites for hydroxylation is 1. The highest BCUT2D eigenvalue weighted by Gasteiger charge is 2.12. The first-order valence-electron chi connectivity index (χ1n) is 5.18. The molecule has 0 saturated carbocycles. The van der Waals surface area contributed by atoms with Crippen LogP contribution in [0.3, 0.4) is 0 Å². The van der Waals surface area contributed by atoms with Crippen LogP contribution >= 0.6 is 11.6 Å². The maximum atomic E-state index is 12.2. The van der Waals surface area contributed by atoms with Crippen LogP contribution in [-0.2, 0) is 0 Å². The number of phenols is 1. The summed E-state index contributed by atoms with van der Waals surface area (Å²) in [5.74, 6) is 0.0411. The molecule has 2 nitrogen and oxygen atoms in total. The summed E-state index contributed by atoms with van der Waals surface area (Å²) in [6.45, 7) is 1.75. The number of hydrogen-bond acceptors (Lipinski definition) is 2. The van der Waals surface area contributed by atoms with Crippen molar-refractivity contribution < 1.29 is 9.90 Å². The first-order valence-corrected chi connectivity index (χ1v) is 5.56. The van der Waals surface area contributed by atoms with Crippen LogP contribution in [0.1, 0.15) is 21.5 Å². The van der Waals surface area contributed by atoms with Crippen molar-refractivity contribution >= 4 is 17.4 Å². The molecule has 3 heteroatoms. The zero-order chi connectivity index (χ0) is 12.4. The molecule has 2 aromatic carbocycles. The summed E-state index contributed by atoms with van der Waals surface area (Å²) in [6, 6.07) is 11.7. The molecule has 0 fully saturated rings. The quantitative estimate of drug-likeness (QED) is 0.823. The minimum Gasteiger partial charge on any atom is -0.508 e. The Balaban J connectivity index is 2.44. The van der Waals surface area contributed by atoms with Crippen molar-refractivity contribution in [2.45, 2.75) is 6.92 Å². The van der Waals surface area contributed by atoms with Crippen molar-refractivity contribution in [1.82, 2.24) is 0 Å². The van der Waals surface area contributed by atoms with Gasteiger partial charge in [0.25, 0.3) is 0 Å². The Labute approximate surface area is 104 Å². The van der Waals surface area contributed by atoms with Crippen molar-refractivity contribution in [2.75, 3.05) is 0 Å². The molecule has 0 heterocycles. The van der Waals surface area contributed by atoms with Crippen LogP contribution in [0.4, 0.5) is 0 Å². The molecule has 0 atom stereocenters. The van der Waals surface area contributed by atoms with E-state index in [2.05, 4.69) is 0 Å². The van der Waals surface area contributed by atoms with Gasteiger partial charge in [-0.15, -0.1) is 0 Å². The Morgan fingerprint density at radius 2 is 1.88 bits per heavy atom. The maximum absolute atomic E-state index is 12.2. The standard InChI is InChI=1S/C14H11ClO2/c1-9-8-10(6-7-13(9)16)14(17)11-4-2-3-5-12(11)15/h2-8,16H,1H3. The molecule has 2 aromatic rings. The lowest BCUT2D eigenvalue weighted by molar-refractivity contribution is 0.103. The third-order valence-electron chi connectivity index (χ3n) is 2.58. The van der Waals surface area contributed by atoms with Crippen LogP contribution in [0.25, 0.3) is 0 Å². The number of aromatic hydroxyl groups is 1. The molecule has 0 aliphatic carbocycles. The van der Waals surface area contributed by atoms with Gasteiger partial charge in [-0.1, -0.05) is 23.7 Å². The molecule has 0 aliphatic rings. The van der Waals surface area contributed by atoms with Gasteiger partial charge >= 0.3 is 0 Å². The number of benzene rings is 2. The van der Waals surface area contributed by atoms with E-state index in [1.807, 2.05) is 0 Å². The van der Waals surface area contributed by atoms with Crippen molar-refractivity contribution in [3.63, 3.8) is 0 Å². The van der Waals surface area contributed by atoms with Gasteiger partial charge in [0.2, 0.25) is 0 Å². The summed E-state index contributed by atoms with van der Waals surface area (Å²) < 4.78 is 0. The van der Waals surface area contributed by atoms with E-state index in [-0.39, 0.29) is 11.5 Å². The third-order valence-corrected chi connectivity index (χ3v) is 2.91. The van der Waals surface area contributed by atoms with Crippen molar-refractivity contribution in [3.8, 4) is 5.75 Å². The van der Waals surface area contributed by atoms with E-state index in [0.29, 0.717) is 21.7 Å². The van der Waals surface area contributed by atoms with Gasteiger partial charge < -0.3 is 5.11 Å². The Morgan fingerprint density at radius 3 is 2.53 bits per heavy atom. The van der Waals surface area contributed by atoms with Gasteiger partial charge in [0, 0.05) is 11.1 Å². The fraction of sp³-hybridized carbons (Fsp3) is 0.0714. The Bertz CT molecular complexity index is 576. The Hall–Kier alpha value is -1.80. The zero-order valence-corrected chi connectivity index (χ0v) is 10.0. The summed E-state index contributed by atoms with van der Waals surface area (Å²) in [5, 5.41) is 9.85. The van der Waals surface area contributed by atoms with Gasteiger partial charge in [0.05, 0.1) is 5.02 Å². The van der Waals surface area contributed by atoms with E-state index in [9.17, 15) is 9.90 Å². The lowest BCUT2D eigenvalue weighted by atomic mass is 10.0. The number of carbonyl (C=O) groups excluding carboxylic acids is 1. The monoisotopic (exact) mass is 246 g/mol. The number of phenolic OH excluding ortho intramolecular Hbond substituents is 1. The van der Waals surface area contributed by atoms with Crippen molar-refractivity contribution in [3.05, 3.63) is 64.2 Å². The molecule has 0 spiro atoms. The molecule has 0 aliphatic heterocycles. The molecule has 0 radical (unpaired) electrons. The SMILES string of the molecule is Cc1cc(C(=O)c2ccccc2Cl)ccc1O. The highest BCUT2D eigenvalue weighted by Crippen LogP contribution is 2.22. The average Bonchev–Trinajstić information content (AvgIpc) is 2.32. The second kappa shape index (κ2) is 4.60. The summed E-state index contributed by atoms with van der Waals surface area (Å²) in [4.78, 5) is 12.2. The number of ketones is 1. The lowest BCUT2D eigenvalue weighted by Gasteiger charge is -2.05. The highest BCUT2D eigenvalue weighted by molar-refractivity contribution is 6.34. The lowest BCUT2D eigenvalue weighted by Crippen LogP contribution is -2.02. The van der Waals surface area contributed by atoms with Crippen LogP contribution < -0.4 is 0 Å². The van der Waals surface area contributed by atoms with Crippen LogP contribution in [0, 0.1) is 6.92 Å². The van der Waals surface area contributed by atoms with Gasteiger partial charge in [-0.25, -0.2) is 0 Å². The van der Waals surface area contributed by atoms with Crippen molar-refractivity contribution in [1.29, 1.82) is 0 Å². The van der Waals surface area contributed by atoms with Crippen LogP contribution in [0.2, 0.25) is 5.02 Å². The molecule has 1 N–H and O–H groups in total.